The van der Waals surface area contributed by atoms with Gasteiger partial charge in [0.15, 0.2) is 5.16 Å². The second-order valence-corrected chi connectivity index (χ2v) is 5.21. The van der Waals surface area contributed by atoms with Gasteiger partial charge in [-0.2, -0.15) is 4.98 Å². The van der Waals surface area contributed by atoms with E-state index in [0.29, 0.717) is 20.6 Å². The van der Waals surface area contributed by atoms with Crippen LogP contribution in [0.15, 0.2) is 30.4 Å². The molecule has 2 aromatic heterocycles. The highest BCUT2D eigenvalue weighted by atomic mass is 79.9. The molecule has 10 heteroatoms. The predicted octanol–water partition coefficient (Wildman–Crippen LogP) is 0.214. The SMILES string of the molecule is CNc1ncc(Br)c(Sc2nc(=O)c(=O)[nH]n2C)n1. The largest absolute Gasteiger partial charge is 0.357 e. The van der Waals surface area contributed by atoms with E-state index in [4.69, 9.17) is 0 Å². The summed E-state index contributed by atoms with van der Waals surface area (Å²) < 4.78 is 2.03. The summed E-state index contributed by atoms with van der Waals surface area (Å²) in [5, 5.41) is 6.08. The van der Waals surface area contributed by atoms with Crippen molar-refractivity contribution in [2.45, 2.75) is 10.2 Å². The third-order valence-corrected chi connectivity index (χ3v) is 3.97. The van der Waals surface area contributed by atoms with Crippen molar-refractivity contribution in [3.8, 4) is 0 Å². The van der Waals surface area contributed by atoms with Crippen LogP contribution in [0.3, 0.4) is 0 Å². The number of halogens is 1. The first-order chi connectivity index (χ1) is 9.01. The Kier molecular flexibility index (Phi) is 4.00. The van der Waals surface area contributed by atoms with Gasteiger partial charge in [-0.15, -0.1) is 0 Å². The summed E-state index contributed by atoms with van der Waals surface area (Å²) >= 11 is 4.45. The highest BCUT2D eigenvalue weighted by Crippen LogP contribution is 2.29. The van der Waals surface area contributed by atoms with Crippen molar-refractivity contribution in [1.29, 1.82) is 0 Å². The van der Waals surface area contributed by atoms with Crippen LogP contribution in [-0.2, 0) is 7.05 Å². The lowest BCUT2D eigenvalue weighted by atomic mass is 10.7. The molecule has 8 nitrogen and oxygen atoms in total. The molecule has 0 aliphatic heterocycles. The van der Waals surface area contributed by atoms with Crippen LogP contribution >= 0.6 is 27.7 Å². The maximum atomic E-state index is 11.3. The molecule has 0 radical (unpaired) electrons. The van der Waals surface area contributed by atoms with Gasteiger partial charge in [0.05, 0.1) is 4.47 Å². The average molecular weight is 345 g/mol. The molecule has 2 rings (SSSR count). The molecule has 2 N–H and O–H groups in total. The van der Waals surface area contributed by atoms with Crippen molar-refractivity contribution in [2.75, 3.05) is 12.4 Å². The van der Waals surface area contributed by atoms with E-state index in [-0.39, 0.29) is 0 Å². The van der Waals surface area contributed by atoms with Gasteiger partial charge in [-0.25, -0.2) is 9.97 Å². The van der Waals surface area contributed by atoms with E-state index in [1.54, 1.807) is 20.3 Å². The quantitative estimate of drug-likeness (QED) is 0.605. The average Bonchev–Trinajstić information content (AvgIpc) is 2.38. The molecule has 0 atom stereocenters. The molecule has 19 heavy (non-hydrogen) atoms. The van der Waals surface area contributed by atoms with Crippen LogP contribution in [0, 0.1) is 0 Å². The maximum absolute atomic E-state index is 11.3. The fourth-order valence-corrected chi connectivity index (χ4v) is 2.38. The number of nitrogens with zero attached hydrogens (tertiary/aromatic N) is 4. The van der Waals surface area contributed by atoms with Crippen LogP contribution in [0.25, 0.3) is 0 Å². The minimum absolute atomic E-state index is 0.325. The summed E-state index contributed by atoms with van der Waals surface area (Å²) in [5.41, 5.74) is -1.59. The molecular weight excluding hydrogens is 336 g/mol. The summed E-state index contributed by atoms with van der Waals surface area (Å²) in [7, 11) is 3.29. The third-order valence-electron chi connectivity index (χ3n) is 2.07. The van der Waals surface area contributed by atoms with Crippen LogP contribution in [-0.4, -0.2) is 31.8 Å². The summed E-state index contributed by atoms with van der Waals surface area (Å²) in [6, 6.07) is 0. The number of anilines is 1. The molecule has 0 spiro atoms. The second kappa shape index (κ2) is 5.53. The first-order valence-corrected chi connectivity index (χ1v) is 6.67. The summed E-state index contributed by atoms with van der Waals surface area (Å²) in [6.45, 7) is 0. The summed E-state index contributed by atoms with van der Waals surface area (Å²) in [5.74, 6) is 0.445. The van der Waals surface area contributed by atoms with Crippen molar-refractivity contribution in [3.05, 3.63) is 31.4 Å². The van der Waals surface area contributed by atoms with Gasteiger partial charge >= 0.3 is 11.1 Å². The van der Waals surface area contributed by atoms with Gasteiger partial charge in [0.1, 0.15) is 5.03 Å². The number of nitrogens with one attached hydrogen (secondary N) is 2. The standard InChI is InChI=1S/C9H9BrN6O2S/c1-11-8-12-3-4(10)7(14-8)19-9-13-5(17)6(18)15-16(9)2/h3H,1-2H3,(H,15,18)(H,11,12,14). The minimum Gasteiger partial charge on any atom is -0.357 e. The van der Waals surface area contributed by atoms with Crippen molar-refractivity contribution in [3.63, 3.8) is 0 Å². The van der Waals surface area contributed by atoms with Crippen LogP contribution in [0.2, 0.25) is 0 Å². The number of hydrogen-bond acceptors (Lipinski definition) is 7. The maximum Gasteiger partial charge on any atom is 0.339 e. The van der Waals surface area contributed by atoms with Gasteiger partial charge in [-0.1, -0.05) is 0 Å². The van der Waals surface area contributed by atoms with Crippen molar-refractivity contribution >= 4 is 33.6 Å². The van der Waals surface area contributed by atoms with Crippen molar-refractivity contribution < 1.29 is 0 Å². The Hall–Kier alpha value is -1.68. The van der Waals surface area contributed by atoms with E-state index < -0.39 is 11.1 Å². The number of aromatic nitrogens is 5. The van der Waals surface area contributed by atoms with E-state index >= 15 is 0 Å². The zero-order chi connectivity index (χ0) is 14.0. The van der Waals surface area contributed by atoms with Crippen LogP contribution in [0.1, 0.15) is 0 Å². The van der Waals surface area contributed by atoms with Gasteiger partial charge in [-0.3, -0.25) is 19.4 Å². The summed E-state index contributed by atoms with van der Waals surface area (Å²) in [4.78, 5) is 34.3. The lowest BCUT2D eigenvalue weighted by Crippen LogP contribution is -2.33. The molecule has 0 bridgehead atoms. The molecule has 0 saturated heterocycles. The number of aryl methyl sites for hydroxylation is 1. The third kappa shape index (κ3) is 3.01. The minimum atomic E-state index is -0.834. The fraction of sp³-hybridized carbons (Fsp3) is 0.222. The topological polar surface area (TPSA) is 106 Å². The smallest absolute Gasteiger partial charge is 0.339 e. The molecule has 0 fully saturated rings. The Bertz CT molecular complexity index is 727. The zero-order valence-corrected chi connectivity index (χ0v) is 12.4. The molecule has 0 saturated carbocycles. The van der Waals surface area contributed by atoms with E-state index in [2.05, 4.69) is 41.3 Å². The Balaban J connectivity index is 2.44. The Morgan fingerprint density at radius 3 is 2.84 bits per heavy atom. The zero-order valence-electron chi connectivity index (χ0n) is 9.97. The highest BCUT2D eigenvalue weighted by Gasteiger charge is 2.11. The molecule has 0 aliphatic rings. The van der Waals surface area contributed by atoms with Crippen molar-refractivity contribution in [1.82, 2.24) is 24.7 Å². The van der Waals surface area contributed by atoms with Gasteiger partial charge < -0.3 is 5.32 Å². The first kappa shape index (κ1) is 13.7. The van der Waals surface area contributed by atoms with Gasteiger partial charge in [0.2, 0.25) is 5.95 Å². The highest BCUT2D eigenvalue weighted by molar-refractivity contribution is 9.10. The Labute approximate surface area is 119 Å². The Morgan fingerprint density at radius 2 is 2.16 bits per heavy atom. The van der Waals surface area contributed by atoms with Gasteiger partial charge in [0, 0.05) is 20.3 Å². The van der Waals surface area contributed by atoms with Gasteiger partial charge in [0.25, 0.3) is 0 Å². The molecule has 0 amide bonds. The van der Waals surface area contributed by atoms with E-state index in [9.17, 15) is 9.59 Å². The molecular formula is C9H9BrN6O2S. The van der Waals surface area contributed by atoms with Crippen LogP contribution < -0.4 is 16.4 Å². The lowest BCUT2D eigenvalue weighted by Gasteiger charge is -2.07. The van der Waals surface area contributed by atoms with Gasteiger partial charge in [-0.05, 0) is 27.7 Å². The summed E-state index contributed by atoms with van der Waals surface area (Å²) in [6.07, 6.45) is 1.59. The molecule has 0 aromatic carbocycles. The van der Waals surface area contributed by atoms with E-state index in [1.165, 1.54) is 4.68 Å². The molecule has 0 unspecified atom stereocenters. The monoisotopic (exact) mass is 344 g/mol. The van der Waals surface area contributed by atoms with Crippen LogP contribution in [0.5, 0.6) is 0 Å². The number of hydrogen-bond donors (Lipinski definition) is 2. The molecule has 100 valence electrons. The molecule has 2 heterocycles. The normalized spacial score (nSPS) is 10.5. The van der Waals surface area contributed by atoms with E-state index in [1.807, 2.05) is 0 Å². The van der Waals surface area contributed by atoms with Crippen LogP contribution in [0.4, 0.5) is 5.95 Å². The first-order valence-electron chi connectivity index (χ1n) is 5.06. The fourth-order valence-electron chi connectivity index (χ4n) is 1.18. The number of H-pyrrole nitrogens is 1. The lowest BCUT2D eigenvalue weighted by molar-refractivity contribution is 0.596. The van der Waals surface area contributed by atoms with Crippen molar-refractivity contribution in [2.24, 2.45) is 7.05 Å². The Morgan fingerprint density at radius 1 is 1.42 bits per heavy atom. The van der Waals surface area contributed by atoms with E-state index in [0.717, 1.165) is 11.8 Å². The number of rotatable bonds is 3. The molecule has 0 aliphatic carbocycles. The number of aromatic amines is 1. The predicted molar refractivity (Wildman–Crippen MR) is 73.5 cm³/mol. The molecule has 2 aromatic rings. The second-order valence-electron chi connectivity index (χ2n) is 3.40.